The van der Waals surface area contributed by atoms with Crippen molar-refractivity contribution in [3.8, 4) is 0 Å². The van der Waals surface area contributed by atoms with Gasteiger partial charge in [-0.1, -0.05) is 67.6 Å². The maximum absolute atomic E-state index is 13.3. The summed E-state index contributed by atoms with van der Waals surface area (Å²) in [5.74, 6) is -0.0726. The standard InChI is InChI=1S/C23H22O2/c1-15-16(2)21(25)22(3)14-23(20(22)19(15)24,17-10-6-4-7-11-17)18-12-8-5-9-13-18/h4-13,20H,14H2,1-3H3/t20-,22-/m0/s1. The number of hydrogen-bond donors (Lipinski definition) is 0. The lowest BCUT2D eigenvalue weighted by molar-refractivity contribution is -0.154. The van der Waals surface area contributed by atoms with Crippen LogP contribution in [0.4, 0.5) is 0 Å². The number of hydrogen-bond acceptors (Lipinski definition) is 2. The summed E-state index contributed by atoms with van der Waals surface area (Å²) in [6.45, 7) is 5.56. The Morgan fingerprint density at radius 2 is 1.28 bits per heavy atom. The Labute approximate surface area is 148 Å². The molecule has 0 spiro atoms. The van der Waals surface area contributed by atoms with Gasteiger partial charge in [0.1, 0.15) is 0 Å². The fraction of sp³-hybridized carbons (Fsp3) is 0.304. The van der Waals surface area contributed by atoms with Crippen molar-refractivity contribution >= 4 is 11.6 Å². The summed E-state index contributed by atoms with van der Waals surface area (Å²) in [4.78, 5) is 26.3. The molecule has 0 saturated heterocycles. The predicted molar refractivity (Wildman–Crippen MR) is 98.3 cm³/mol. The molecule has 2 aliphatic carbocycles. The van der Waals surface area contributed by atoms with Gasteiger partial charge in [-0.05, 0) is 42.5 Å². The molecular formula is C23H22O2. The highest BCUT2D eigenvalue weighted by Gasteiger charge is 2.69. The zero-order valence-corrected chi connectivity index (χ0v) is 14.9. The van der Waals surface area contributed by atoms with E-state index < -0.39 is 10.8 Å². The number of Topliss-reactive ketones (excluding diaryl/α,β-unsaturated/α-hetero) is 2. The van der Waals surface area contributed by atoms with Crippen LogP contribution < -0.4 is 0 Å². The molecule has 0 unspecified atom stereocenters. The molecule has 0 radical (unpaired) electrons. The van der Waals surface area contributed by atoms with Crippen molar-refractivity contribution in [2.75, 3.05) is 0 Å². The first-order chi connectivity index (χ1) is 11.9. The van der Waals surface area contributed by atoms with E-state index in [1.807, 2.05) is 43.3 Å². The number of rotatable bonds is 2. The Morgan fingerprint density at radius 3 is 1.76 bits per heavy atom. The molecule has 0 aromatic heterocycles. The second kappa shape index (κ2) is 5.26. The summed E-state index contributed by atoms with van der Waals surface area (Å²) in [6, 6.07) is 20.4. The molecule has 0 amide bonds. The largest absolute Gasteiger partial charge is 0.294 e. The van der Waals surface area contributed by atoms with Gasteiger partial charge in [-0.2, -0.15) is 0 Å². The minimum absolute atomic E-state index is 0.124. The van der Waals surface area contributed by atoms with Gasteiger partial charge in [0.25, 0.3) is 0 Å². The van der Waals surface area contributed by atoms with Gasteiger partial charge in [0.15, 0.2) is 11.6 Å². The second-order valence-corrected chi connectivity index (χ2v) is 7.67. The van der Waals surface area contributed by atoms with Gasteiger partial charge in [0.2, 0.25) is 0 Å². The normalized spacial score (nSPS) is 27.7. The van der Waals surface area contributed by atoms with Gasteiger partial charge >= 0.3 is 0 Å². The van der Waals surface area contributed by atoms with Crippen molar-refractivity contribution in [1.29, 1.82) is 0 Å². The molecule has 2 nitrogen and oxygen atoms in total. The molecule has 126 valence electrons. The summed E-state index contributed by atoms with van der Waals surface area (Å²) < 4.78 is 0. The van der Waals surface area contributed by atoms with Crippen molar-refractivity contribution in [2.45, 2.75) is 32.6 Å². The van der Waals surface area contributed by atoms with Crippen molar-refractivity contribution in [3.05, 3.63) is 82.9 Å². The number of carbonyl (C=O) groups excluding carboxylic acids is 2. The van der Waals surface area contributed by atoms with E-state index >= 15 is 0 Å². The summed E-state index contributed by atoms with van der Waals surface area (Å²) in [5, 5.41) is 0. The Hall–Kier alpha value is -2.48. The number of fused-ring (bicyclic) bond motifs is 1. The van der Waals surface area contributed by atoms with E-state index in [0.717, 1.165) is 11.1 Å². The smallest absolute Gasteiger partial charge is 0.165 e. The fourth-order valence-electron chi connectivity index (χ4n) is 5.10. The zero-order chi connectivity index (χ0) is 17.8. The molecule has 1 fully saturated rings. The summed E-state index contributed by atoms with van der Waals surface area (Å²) in [5.41, 5.74) is 2.48. The highest BCUT2D eigenvalue weighted by Crippen LogP contribution is 2.66. The van der Waals surface area contributed by atoms with E-state index in [1.54, 1.807) is 13.8 Å². The van der Waals surface area contributed by atoms with E-state index in [0.29, 0.717) is 17.6 Å². The van der Waals surface area contributed by atoms with Gasteiger partial charge in [0, 0.05) is 16.7 Å². The SMILES string of the molecule is CC1=C(C)C(=O)[C@@]2(C)CC(c3ccccc3)(c3ccccc3)[C@H]2C1=O. The second-order valence-electron chi connectivity index (χ2n) is 7.67. The van der Waals surface area contributed by atoms with E-state index in [9.17, 15) is 9.59 Å². The van der Waals surface area contributed by atoms with Gasteiger partial charge < -0.3 is 0 Å². The summed E-state index contributed by atoms with van der Waals surface area (Å²) in [6.07, 6.45) is 0.674. The minimum Gasteiger partial charge on any atom is -0.294 e. The van der Waals surface area contributed by atoms with E-state index in [4.69, 9.17) is 0 Å². The Bertz CT molecular complexity index is 853. The third kappa shape index (κ3) is 1.91. The Kier molecular flexibility index (Phi) is 3.37. The highest BCUT2D eigenvalue weighted by molar-refractivity contribution is 6.17. The molecule has 2 aliphatic rings. The lowest BCUT2D eigenvalue weighted by Crippen LogP contribution is -2.66. The molecule has 0 bridgehead atoms. The minimum atomic E-state index is -0.605. The summed E-state index contributed by atoms with van der Waals surface area (Å²) in [7, 11) is 0. The number of allylic oxidation sites excluding steroid dienone is 2. The van der Waals surface area contributed by atoms with Crippen LogP contribution in [0.25, 0.3) is 0 Å². The highest BCUT2D eigenvalue weighted by atomic mass is 16.1. The average molecular weight is 330 g/mol. The van der Waals surface area contributed by atoms with E-state index in [1.165, 1.54) is 0 Å². The van der Waals surface area contributed by atoms with Crippen molar-refractivity contribution in [2.24, 2.45) is 11.3 Å². The molecule has 2 aromatic rings. The van der Waals surface area contributed by atoms with Crippen LogP contribution in [-0.4, -0.2) is 11.6 Å². The third-order valence-electron chi connectivity index (χ3n) is 6.41. The number of ketones is 2. The Morgan fingerprint density at radius 1 is 0.800 bits per heavy atom. The lowest BCUT2D eigenvalue weighted by atomic mass is 9.37. The molecular weight excluding hydrogens is 308 g/mol. The van der Waals surface area contributed by atoms with Crippen LogP contribution in [0.1, 0.15) is 38.3 Å². The van der Waals surface area contributed by atoms with Crippen LogP contribution in [-0.2, 0) is 15.0 Å². The fourth-order valence-corrected chi connectivity index (χ4v) is 5.10. The van der Waals surface area contributed by atoms with Crippen molar-refractivity contribution in [1.82, 2.24) is 0 Å². The van der Waals surface area contributed by atoms with Crippen LogP contribution in [0.2, 0.25) is 0 Å². The van der Waals surface area contributed by atoms with Crippen LogP contribution in [0, 0.1) is 11.3 Å². The molecule has 1 saturated carbocycles. The van der Waals surface area contributed by atoms with Crippen molar-refractivity contribution in [3.63, 3.8) is 0 Å². The average Bonchev–Trinajstić information content (AvgIpc) is 2.64. The van der Waals surface area contributed by atoms with Crippen LogP contribution >= 0.6 is 0 Å². The number of benzene rings is 2. The molecule has 0 aliphatic heterocycles. The van der Waals surface area contributed by atoms with Crippen LogP contribution in [0.15, 0.2) is 71.8 Å². The quantitative estimate of drug-likeness (QED) is 0.813. The molecule has 2 aromatic carbocycles. The Balaban J connectivity index is 1.98. The molecule has 2 atom stereocenters. The van der Waals surface area contributed by atoms with Crippen LogP contribution in [0.3, 0.4) is 0 Å². The monoisotopic (exact) mass is 330 g/mol. The van der Waals surface area contributed by atoms with Gasteiger partial charge in [0.05, 0.1) is 0 Å². The maximum atomic E-state index is 13.3. The van der Waals surface area contributed by atoms with Gasteiger partial charge in [-0.15, -0.1) is 0 Å². The molecule has 2 heteroatoms. The lowest BCUT2D eigenvalue weighted by Gasteiger charge is -2.62. The van der Waals surface area contributed by atoms with Gasteiger partial charge in [-0.25, -0.2) is 0 Å². The molecule has 4 rings (SSSR count). The zero-order valence-electron chi connectivity index (χ0n) is 14.9. The summed E-state index contributed by atoms with van der Waals surface area (Å²) >= 11 is 0. The molecule has 25 heavy (non-hydrogen) atoms. The first-order valence-corrected chi connectivity index (χ1v) is 8.80. The molecule has 0 heterocycles. The number of carbonyl (C=O) groups is 2. The maximum Gasteiger partial charge on any atom is 0.165 e. The van der Waals surface area contributed by atoms with Crippen molar-refractivity contribution < 1.29 is 9.59 Å². The first kappa shape index (κ1) is 16.0. The molecule has 0 N–H and O–H groups in total. The first-order valence-electron chi connectivity index (χ1n) is 8.80. The van der Waals surface area contributed by atoms with Crippen LogP contribution in [0.5, 0.6) is 0 Å². The van der Waals surface area contributed by atoms with Gasteiger partial charge in [-0.3, -0.25) is 9.59 Å². The predicted octanol–water partition coefficient (Wildman–Crippen LogP) is 4.49. The van der Waals surface area contributed by atoms with E-state index in [-0.39, 0.29) is 17.5 Å². The topological polar surface area (TPSA) is 34.1 Å². The third-order valence-corrected chi connectivity index (χ3v) is 6.41. The van der Waals surface area contributed by atoms with E-state index in [2.05, 4.69) is 24.3 Å².